The van der Waals surface area contributed by atoms with Gasteiger partial charge >= 0.3 is 6.18 Å². The Morgan fingerprint density at radius 2 is 1.90 bits per heavy atom. The Morgan fingerprint density at radius 3 is 2.62 bits per heavy atom. The number of nitrogens with zero attached hydrogens (tertiary/aromatic N) is 5. The van der Waals surface area contributed by atoms with Crippen molar-refractivity contribution in [1.29, 1.82) is 0 Å². The van der Waals surface area contributed by atoms with E-state index in [0.717, 1.165) is 23.0 Å². The van der Waals surface area contributed by atoms with Crippen LogP contribution in [0.3, 0.4) is 0 Å². The van der Waals surface area contributed by atoms with Gasteiger partial charge in [-0.1, -0.05) is 43.3 Å². The molecule has 1 N–H and O–H groups in total. The maximum atomic E-state index is 13.7. The molecule has 0 radical (unpaired) electrons. The quantitative estimate of drug-likeness (QED) is 0.268. The lowest BCUT2D eigenvalue weighted by atomic mass is 9.98. The van der Waals surface area contributed by atoms with Gasteiger partial charge in [-0.3, -0.25) is 9.69 Å². The van der Waals surface area contributed by atoms with Crippen LogP contribution in [0.15, 0.2) is 67.0 Å². The van der Waals surface area contributed by atoms with E-state index in [1.54, 1.807) is 12.4 Å². The molecule has 0 saturated heterocycles. The second kappa shape index (κ2) is 11.5. The van der Waals surface area contributed by atoms with Gasteiger partial charge in [0.1, 0.15) is 23.8 Å². The highest BCUT2D eigenvalue weighted by Crippen LogP contribution is 2.39. The van der Waals surface area contributed by atoms with E-state index in [-0.39, 0.29) is 29.4 Å². The van der Waals surface area contributed by atoms with E-state index in [4.69, 9.17) is 4.74 Å². The topological polar surface area (TPSA) is 85.2 Å². The molecular weight excluding hydrogens is 521 g/mol. The number of rotatable bonds is 10. The number of alkyl halides is 3. The number of aryl methyl sites for hydroxylation is 1. The first-order valence-corrected chi connectivity index (χ1v) is 12.9. The van der Waals surface area contributed by atoms with E-state index in [0.29, 0.717) is 32.0 Å². The van der Waals surface area contributed by atoms with Crippen LogP contribution in [-0.2, 0) is 37.5 Å². The van der Waals surface area contributed by atoms with Crippen molar-refractivity contribution in [2.75, 3.05) is 23.4 Å². The number of amides is 1. The van der Waals surface area contributed by atoms with Crippen LogP contribution in [-0.4, -0.2) is 38.8 Å². The number of hydrogen-bond donors (Lipinski definition) is 1. The molecule has 0 saturated carbocycles. The van der Waals surface area contributed by atoms with Crippen LogP contribution in [0.25, 0.3) is 0 Å². The van der Waals surface area contributed by atoms with Crippen molar-refractivity contribution >= 4 is 17.5 Å². The SMILES string of the molecule is C[C@H](Cc1nncn1C)c1cc(NCCOCc2ccccc2)nc(N2Cc3c(cccc3C(F)(F)F)C2=O)c1. The second-order valence-corrected chi connectivity index (χ2v) is 9.79. The molecule has 2 aromatic heterocycles. The van der Waals surface area contributed by atoms with E-state index >= 15 is 0 Å². The third-order valence-electron chi connectivity index (χ3n) is 6.91. The van der Waals surface area contributed by atoms with Crippen LogP contribution in [0.2, 0.25) is 0 Å². The summed E-state index contributed by atoms with van der Waals surface area (Å²) in [7, 11) is 1.86. The Bertz CT molecular complexity index is 1490. The number of carbonyl (C=O) groups is 1. The normalized spacial score (nSPS) is 13.9. The predicted molar refractivity (Wildman–Crippen MR) is 144 cm³/mol. The fourth-order valence-electron chi connectivity index (χ4n) is 4.73. The van der Waals surface area contributed by atoms with E-state index in [1.165, 1.54) is 17.0 Å². The van der Waals surface area contributed by atoms with Gasteiger partial charge in [0.2, 0.25) is 0 Å². The van der Waals surface area contributed by atoms with Crippen LogP contribution in [0.1, 0.15) is 51.3 Å². The van der Waals surface area contributed by atoms with Gasteiger partial charge in [-0.05, 0) is 46.9 Å². The third-order valence-corrected chi connectivity index (χ3v) is 6.91. The summed E-state index contributed by atoms with van der Waals surface area (Å²) < 4.78 is 48.6. The maximum absolute atomic E-state index is 13.7. The number of halogens is 3. The van der Waals surface area contributed by atoms with E-state index in [9.17, 15) is 18.0 Å². The van der Waals surface area contributed by atoms with Gasteiger partial charge in [0.05, 0.1) is 25.3 Å². The molecule has 3 heterocycles. The average Bonchev–Trinajstić information content (AvgIpc) is 3.50. The van der Waals surface area contributed by atoms with E-state index in [2.05, 4.69) is 20.5 Å². The first-order valence-electron chi connectivity index (χ1n) is 12.9. The van der Waals surface area contributed by atoms with Gasteiger partial charge < -0.3 is 14.6 Å². The van der Waals surface area contributed by atoms with Gasteiger partial charge in [0, 0.05) is 25.6 Å². The van der Waals surface area contributed by atoms with Crippen LogP contribution < -0.4 is 10.2 Å². The molecule has 40 heavy (non-hydrogen) atoms. The molecular formula is C29H29F3N6O2. The van der Waals surface area contributed by atoms with Crippen LogP contribution >= 0.6 is 0 Å². The molecule has 4 aromatic rings. The Kier molecular flexibility index (Phi) is 7.83. The minimum absolute atomic E-state index is 0.0367. The molecule has 1 atom stereocenters. The first-order chi connectivity index (χ1) is 19.2. The lowest BCUT2D eigenvalue weighted by Crippen LogP contribution is -2.25. The summed E-state index contributed by atoms with van der Waals surface area (Å²) in [4.78, 5) is 19.2. The van der Waals surface area contributed by atoms with Crippen molar-refractivity contribution in [2.24, 2.45) is 7.05 Å². The number of pyridine rings is 1. The smallest absolute Gasteiger partial charge is 0.375 e. The molecule has 1 aliphatic rings. The molecule has 11 heteroatoms. The summed E-state index contributed by atoms with van der Waals surface area (Å²) in [5.74, 6) is 1.02. The summed E-state index contributed by atoms with van der Waals surface area (Å²) in [6, 6.07) is 17.2. The molecule has 208 valence electrons. The number of aromatic nitrogens is 4. The largest absolute Gasteiger partial charge is 0.416 e. The highest BCUT2D eigenvalue weighted by molar-refractivity contribution is 6.10. The minimum Gasteiger partial charge on any atom is -0.375 e. The van der Waals surface area contributed by atoms with Gasteiger partial charge in [-0.25, -0.2) is 4.98 Å². The summed E-state index contributed by atoms with van der Waals surface area (Å²) >= 11 is 0. The van der Waals surface area contributed by atoms with Crippen LogP contribution in [0.5, 0.6) is 0 Å². The highest BCUT2D eigenvalue weighted by Gasteiger charge is 2.40. The second-order valence-electron chi connectivity index (χ2n) is 9.79. The van der Waals surface area contributed by atoms with Crippen molar-refractivity contribution < 1.29 is 22.7 Å². The van der Waals surface area contributed by atoms with Crippen molar-refractivity contribution in [2.45, 2.75) is 38.6 Å². The molecule has 0 unspecified atom stereocenters. The predicted octanol–water partition coefficient (Wildman–Crippen LogP) is 5.36. The Hall–Kier alpha value is -4.25. The molecule has 0 spiro atoms. The van der Waals surface area contributed by atoms with Crippen molar-refractivity contribution in [3.8, 4) is 0 Å². The van der Waals surface area contributed by atoms with E-state index in [1.807, 2.05) is 54.9 Å². The molecule has 1 aliphatic heterocycles. The minimum atomic E-state index is -4.56. The van der Waals surface area contributed by atoms with Crippen LogP contribution in [0.4, 0.5) is 24.8 Å². The van der Waals surface area contributed by atoms with Crippen molar-refractivity contribution in [3.63, 3.8) is 0 Å². The number of carbonyl (C=O) groups excluding carboxylic acids is 1. The summed E-state index contributed by atoms with van der Waals surface area (Å²) in [6.07, 6.45) is -2.36. The average molecular weight is 551 g/mol. The van der Waals surface area contributed by atoms with Crippen LogP contribution in [0, 0.1) is 0 Å². The number of benzene rings is 2. The molecule has 8 nitrogen and oxygen atoms in total. The number of fused-ring (bicyclic) bond motifs is 1. The summed E-state index contributed by atoms with van der Waals surface area (Å²) in [5, 5.41) is 11.3. The Balaban J connectivity index is 1.38. The van der Waals surface area contributed by atoms with Gasteiger partial charge in [0.15, 0.2) is 0 Å². The zero-order chi connectivity index (χ0) is 28.3. The fourth-order valence-corrected chi connectivity index (χ4v) is 4.73. The standard InChI is InChI=1S/C29H29F3N6O2/c1-19(13-27-36-34-18-37(27)2)21-14-25(33-11-12-40-17-20-7-4-3-5-8-20)35-26(15-21)38-16-23-22(28(38)39)9-6-10-24(23)29(30,31)32/h3-10,14-15,18-19H,11-13,16-17H2,1-2H3,(H,33,35)/t19-/m1/s1. The lowest BCUT2D eigenvalue weighted by Gasteiger charge is -2.20. The third kappa shape index (κ3) is 5.99. The summed E-state index contributed by atoms with van der Waals surface area (Å²) in [6.45, 7) is 3.14. The van der Waals surface area contributed by atoms with Crippen molar-refractivity contribution in [3.05, 3.63) is 101 Å². The first kappa shape index (κ1) is 27.3. The fraction of sp³-hybridized carbons (Fsp3) is 0.310. The molecule has 5 rings (SSSR count). The van der Waals surface area contributed by atoms with Gasteiger partial charge in [0.25, 0.3) is 5.91 Å². The molecule has 0 bridgehead atoms. The molecule has 0 aliphatic carbocycles. The lowest BCUT2D eigenvalue weighted by molar-refractivity contribution is -0.138. The monoisotopic (exact) mass is 550 g/mol. The Labute approximate surface area is 229 Å². The highest BCUT2D eigenvalue weighted by atomic mass is 19.4. The van der Waals surface area contributed by atoms with E-state index < -0.39 is 17.6 Å². The number of nitrogens with one attached hydrogen (secondary N) is 1. The molecule has 1 amide bonds. The van der Waals surface area contributed by atoms with Gasteiger partial charge in [-0.2, -0.15) is 13.2 Å². The van der Waals surface area contributed by atoms with Gasteiger partial charge in [-0.15, -0.1) is 10.2 Å². The maximum Gasteiger partial charge on any atom is 0.416 e. The number of ether oxygens (including phenoxy) is 1. The molecule has 0 fully saturated rings. The zero-order valence-electron chi connectivity index (χ0n) is 22.2. The zero-order valence-corrected chi connectivity index (χ0v) is 22.2. The molecule has 2 aromatic carbocycles. The number of anilines is 2. The summed E-state index contributed by atoms with van der Waals surface area (Å²) in [5.41, 5.74) is 1.12. The Morgan fingerprint density at radius 1 is 1.10 bits per heavy atom. The number of hydrogen-bond acceptors (Lipinski definition) is 6. The van der Waals surface area contributed by atoms with Crippen molar-refractivity contribution in [1.82, 2.24) is 19.7 Å².